The van der Waals surface area contributed by atoms with E-state index in [1.165, 1.54) is 5.69 Å². The van der Waals surface area contributed by atoms with Crippen molar-refractivity contribution < 1.29 is 9.90 Å². The molecule has 1 fully saturated rings. The topological polar surface area (TPSA) is 59.1 Å². The first-order valence-electron chi connectivity index (χ1n) is 11.2. The molecule has 0 radical (unpaired) electrons. The van der Waals surface area contributed by atoms with Crippen molar-refractivity contribution in [2.75, 3.05) is 49.1 Å². The van der Waals surface area contributed by atoms with Crippen molar-refractivity contribution in [3.05, 3.63) is 90.0 Å². The second kappa shape index (κ2) is 8.93. The molecule has 2 aliphatic rings. The van der Waals surface area contributed by atoms with Gasteiger partial charge in [-0.15, -0.1) is 0 Å². The van der Waals surface area contributed by atoms with Crippen molar-refractivity contribution in [3.8, 4) is 5.75 Å². The lowest BCUT2D eigenvalue weighted by Crippen LogP contribution is -2.52. The van der Waals surface area contributed by atoms with Crippen LogP contribution >= 0.6 is 0 Å². The summed E-state index contributed by atoms with van der Waals surface area (Å²) in [5, 5.41) is 13.0. The van der Waals surface area contributed by atoms with Gasteiger partial charge in [-0.05, 0) is 35.9 Å². The van der Waals surface area contributed by atoms with Crippen LogP contribution in [0.5, 0.6) is 5.75 Å². The van der Waals surface area contributed by atoms with Gasteiger partial charge < -0.3 is 20.2 Å². The molecule has 164 valence electrons. The van der Waals surface area contributed by atoms with Crippen molar-refractivity contribution in [1.29, 1.82) is 0 Å². The molecule has 0 saturated carbocycles. The Kier molecular flexibility index (Phi) is 5.69. The van der Waals surface area contributed by atoms with Gasteiger partial charge in [0.05, 0.1) is 11.3 Å². The Morgan fingerprint density at radius 3 is 2.25 bits per heavy atom. The normalized spacial score (nSPS) is 18.9. The predicted molar refractivity (Wildman–Crippen MR) is 127 cm³/mol. The molecule has 1 saturated heterocycles. The monoisotopic (exact) mass is 428 g/mol. The highest BCUT2D eigenvalue weighted by molar-refractivity contribution is 6.02. The molecule has 5 rings (SSSR count). The zero-order valence-electron chi connectivity index (χ0n) is 18.0. The highest BCUT2D eigenvalue weighted by Crippen LogP contribution is 2.34. The average Bonchev–Trinajstić information content (AvgIpc) is 2.85. The number of fused-ring (bicyclic) bond motifs is 1. The van der Waals surface area contributed by atoms with Crippen LogP contribution in [-0.4, -0.2) is 55.2 Å². The van der Waals surface area contributed by atoms with Gasteiger partial charge in [0.1, 0.15) is 11.9 Å². The molecule has 0 aliphatic carbocycles. The van der Waals surface area contributed by atoms with E-state index >= 15 is 0 Å². The molecule has 2 aliphatic heterocycles. The Morgan fingerprint density at radius 1 is 0.844 bits per heavy atom. The third-order valence-electron chi connectivity index (χ3n) is 6.38. The summed E-state index contributed by atoms with van der Waals surface area (Å²) in [7, 11) is 0. The van der Waals surface area contributed by atoms with Gasteiger partial charge >= 0.3 is 0 Å². The summed E-state index contributed by atoms with van der Waals surface area (Å²) < 4.78 is 0. The van der Waals surface area contributed by atoms with Crippen molar-refractivity contribution in [2.45, 2.75) is 6.17 Å². The van der Waals surface area contributed by atoms with Crippen molar-refractivity contribution >= 4 is 17.3 Å². The number of amides is 1. The third-order valence-corrected chi connectivity index (χ3v) is 6.38. The van der Waals surface area contributed by atoms with Gasteiger partial charge in [-0.2, -0.15) is 0 Å². The second-order valence-corrected chi connectivity index (χ2v) is 8.35. The van der Waals surface area contributed by atoms with E-state index < -0.39 is 0 Å². The van der Waals surface area contributed by atoms with Crippen molar-refractivity contribution in [3.63, 3.8) is 0 Å². The largest absolute Gasteiger partial charge is 0.508 e. The van der Waals surface area contributed by atoms with Crippen LogP contribution < -0.4 is 15.1 Å². The van der Waals surface area contributed by atoms with Crippen LogP contribution in [0.3, 0.4) is 0 Å². The average molecular weight is 429 g/mol. The Bertz CT molecular complexity index is 1070. The van der Waals surface area contributed by atoms with Gasteiger partial charge in [0, 0.05) is 45.0 Å². The maximum Gasteiger partial charge on any atom is 0.255 e. The van der Waals surface area contributed by atoms with E-state index in [1.54, 1.807) is 12.1 Å². The molecule has 0 aromatic heterocycles. The smallest absolute Gasteiger partial charge is 0.255 e. The van der Waals surface area contributed by atoms with E-state index in [4.69, 9.17) is 0 Å². The molecule has 1 amide bonds. The number of para-hydroxylation sites is 1. The first kappa shape index (κ1) is 20.4. The number of hydrogen-bond donors (Lipinski definition) is 2. The molecule has 0 spiro atoms. The standard InChI is InChI=1S/C26H28N4O2/c31-22-11-12-24-23(19-22)26(32)27-25(20-7-3-1-4-8-20)30(24)18-15-28-13-16-29(17-14-28)21-9-5-2-6-10-21/h1-12,19,25,31H,13-18H2,(H,27,32). The molecule has 3 aromatic rings. The fourth-order valence-electron chi connectivity index (χ4n) is 4.64. The number of rotatable bonds is 5. The highest BCUT2D eigenvalue weighted by atomic mass is 16.3. The van der Waals surface area contributed by atoms with Gasteiger partial charge in [0.25, 0.3) is 5.91 Å². The molecule has 2 heterocycles. The number of benzene rings is 3. The Labute approximate surface area is 188 Å². The number of anilines is 2. The summed E-state index contributed by atoms with van der Waals surface area (Å²) in [6, 6.07) is 25.7. The number of carbonyl (C=O) groups is 1. The summed E-state index contributed by atoms with van der Waals surface area (Å²) >= 11 is 0. The van der Waals surface area contributed by atoms with E-state index in [9.17, 15) is 9.90 Å². The van der Waals surface area contributed by atoms with Gasteiger partial charge in [0.15, 0.2) is 0 Å². The van der Waals surface area contributed by atoms with Crippen LogP contribution in [0, 0.1) is 0 Å². The molecule has 3 aromatic carbocycles. The lowest BCUT2D eigenvalue weighted by molar-refractivity contribution is 0.0925. The zero-order valence-corrected chi connectivity index (χ0v) is 18.0. The van der Waals surface area contributed by atoms with E-state index in [0.717, 1.165) is 50.5 Å². The minimum atomic E-state index is -0.230. The maximum absolute atomic E-state index is 12.8. The maximum atomic E-state index is 12.8. The van der Waals surface area contributed by atoms with Crippen molar-refractivity contribution in [2.24, 2.45) is 0 Å². The van der Waals surface area contributed by atoms with Gasteiger partial charge in [-0.3, -0.25) is 9.69 Å². The number of phenols is 1. The number of hydrogen-bond acceptors (Lipinski definition) is 5. The lowest BCUT2D eigenvalue weighted by Gasteiger charge is -2.41. The second-order valence-electron chi connectivity index (χ2n) is 8.35. The summed E-state index contributed by atoms with van der Waals surface area (Å²) in [6.45, 7) is 5.72. The lowest BCUT2D eigenvalue weighted by atomic mass is 10.0. The van der Waals surface area contributed by atoms with Gasteiger partial charge in [-0.1, -0.05) is 48.5 Å². The number of nitrogens with one attached hydrogen (secondary N) is 1. The summed E-state index contributed by atoms with van der Waals surface area (Å²) in [5.41, 5.74) is 3.71. The number of phenolic OH excluding ortho intramolecular Hbond substituents is 1. The number of nitrogens with zero attached hydrogens (tertiary/aromatic N) is 3. The van der Waals surface area contributed by atoms with Crippen molar-refractivity contribution in [1.82, 2.24) is 10.2 Å². The molecule has 2 N–H and O–H groups in total. The molecule has 32 heavy (non-hydrogen) atoms. The van der Waals surface area contributed by atoms with Crippen LogP contribution in [0.15, 0.2) is 78.9 Å². The minimum Gasteiger partial charge on any atom is -0.508 e. The van der Waals surface area contributed by atoms with Gasteiger partial charge in [0.2, 0.25) is 0 Å². The van der Waals surface area contributed by atoms with Gasteiger partial charge in [-0.25, -0.2) is 0 Å². The summed E-state index contributed by atoms with van der Waals surface area (Å²) in [5.74, 6) is -0.0495. The van der Waals surface area contributed by atoms with Crippen LogP contribution in [0.25, 0.3) is 0 Å². The molecule has 0 bridgehead atoms. The number of aromatic hydroxyl groups is 1. The zero-order chi connectivity index (χ0) is 21.9. The predicted octanol–water partition coefficient (Wildman–Crippen LogP) is 3.46. The van der Waals surface area contributed by atoms with Crippen LogP contribution in [-0.2, 0) is 0 Å². The van der Waals surface area contributed by atoms with E-state index in [0.29, 0.717) is 5.56 Å². The molecule has 6 heteroatoms. The summed E-state index contributed by atoms with van der Waals surface area (Å²) in [4.78, 5) is 19.9. The molecule has 1 atom stereocenters. The fourth-order valence-corrected chi connectivity index (χ4v) is 4.64. The Hall–Kier alpha value is -3.51. The third kappa shape index (κ3) is 4.14. The summed E-state index contributed by atoms with van der Waals surface area (Å²) in [6.07, 6.45) is -0.230. The quantitative estimate of drug-likeness (QED) is 0.652. The minimum absolute atomic E-state index is 0.106. The van der Waals surface area contributed by atoms with Crippen LogP contribution in [0.1, 0.15) is 22.1 Å². The molecule has 6 nitrogen and oxygen atoms in total. The molecular weight excluding hydrogens is 400 g/mol. The van der Waals surface area contributed by atoms with Crippen LogP contribution in [0.2, 0.25) is 0 Å². The molecule has 1 unspecified atom stereocenters. The first-order valence-corrected chi connectivity index (χ1v) is 11.2. The van der Waals surface area contributed by atoms with E-state index in [1.807, 2.05) is 36.4 Å². The van der Waals surface area contributed by atoms with E-state index in [-0.39, 0.29) is 17.8 Å². The number of piperazine rings is 1. The van der Waals surface area contributed by atoms with Crippen LogP contribution in [0.4, 0.5) is 11.4 Å². The first-order chi connectivity index (χ1) is 15.7. The highest BCUT2D eigenvalue weighted by Gasteiger charge is 2.32. The SMILES string of the molecule is O=C1NC(c2ccccc2)N(CCN2CCN(c3ccccc3)CC2)c2ccc(O)cc21. The molecular formula is C26H28N4O2. The fraction of sp³-hybridized carbons (Fsp3) is 0.269. The number of carbonyl (C=O) groups excluding carboxylic acids is 1. The Balaban J connectivity index is 1.31. The van der Waals surface area contributed by atoms with E-state index in [2.05, 4.69) is 50.3 Å². The Morgan fingerprint density at radius 2 is 1.53 bits per heavy atom.